The molecule has 5 nitrogen and oxygen atoms in total. The van der Waals surface area contributed by atoms with Crippen molar-refractivity contribution < 1.29 is 27.1 Å². The smallest absolute Gasteiger partial charge is 0.191 e. The van der Waals surface area contributed by atoms with E-state index in [1.165, 1.54) is 13.2 Å². The number of Topliss-reactive ketones (excluding diaryl/α,β-unsaturated/α-hetero) is 1. The van der Waals surface area contributed by atoms with Crippen LogP contribution in [0.5, 0.6) is 11.5 Å². The summed E-state index contributed by atoms with van der Waals surface area (Å²) in [7, 11) is -2.21. The molecule has 0 saturated carbocycles. The summed E-state index contributed by atoms with van der Waals surface area (Å²) >= 11 is 0. The molecule has 0 amide bonds. The minimum absolute atomic E-state index is 0.0809. The molecule has 1 heterocycles. The maximum atomic E-state index is 13.5. The van der Waals surface area contributed by atoms with E-state index in [1.807, 2.05) is 6.92 Å². The van der Waals surface area contributed by atoms with Crippen LogP contribution in [0.25, 0.3) is 6.08 Å². The van der Waals surface area contributed by atoms with E-state index in [1.54, 1.807) is 18.2 Å². The molecule has 0 saturated heterocycles. The van der Waals surface area contributed by atoms with Crippen molar-refractivity contribution in [1.29, 1.82) is 0 Å². The minimum Gasteiger partial charge on any atom is -0.493 e. The van der Waals surface area contributed by atoms with Crippen LogP contribution in [0.1, 0.15) is 29.3 Å². The molecule has 0 atom stereocenters. The second-order valence-corrected chi connectivity index (χ2v) is 8.12. The summed E-state index contributed by atoms with van der Waals surface area (Å²) in [6.45, 7) is 2.52. The third-order valence-corrected chi connectivity index (χ3v) is 5.87. The number of carbonyl (C=O) groups is 1. The van der Waals surface area contributed by atoms with Gasteiger partial charge in [-0.1, -0.05) is 13.0 Å². The summed E-state index contributed by atoms with van der Waals surface area (Å²) < 4.78 is 49.3. The highest BCUT2D eigenvalue weighted by molar-refractivity contribution is 7.91. The molecule has 0 aliphatic carbocycles. The number of methoxy groups -OCH3 is 1. The Morgan fingerprint density at radius 3 is 2.63 bits per heavy atom. The molecule has 0 N–H and O–H groups in total. The van der Waals surface area contributed by atoms with Gasteiger partial charge in [0.25, 0.3) is 0 Å². The number of hydrogen-bond acceptors (Lipinski definition) is 5. The van der Waals surface area contributed by atoms with Gasteiger partial charge in [-0.15, -0.1) is 0 Å². The van der Waals surface area contributed by atoms with Crippen molar-refractivity contribution in [1.82, 2.24) is 0 Å². The Balaban J connectivity index is 2.01. The fourth-order valence-corrected chi connectivity index (χ4v) is 4.43. The van der Waals surface area contributed by atoms with Gasteiger partial charge in [0.2, 0.25) is 0 Å². The summed E-state index contributed by atoms with van der Waals surface area (Å²) in [6.07, 6.45) is 2.33. The predicted molar refractivity (Wildman–Crippen MR) is 99.5 cm³/mol. The highest BCUT2D eigenvalue weighted by Crippen LogP contribution is 2.32. The first-order valence-electron chi connectivity index (χ1n) is 8.44. The fraction of sp³-hybridized carbons (Fsp3) is 0.250. The Labute approximate surface area is 157 Å². The number of ether oxygens (including phenoxy) is 2. The highest BCUT2D eigenvalue weighted by Gasteiger charge is 2.33. The number of carbonyl (C=O) groups excluding carboxylic acids is 1. The van der Waals surface area contributed by atoms with Crippen LogP contribution < -0.4 is 9.47 Å². The third kappa shape index (κ3) is 3.88. The maximum Gasteiger partial charge on any atom is 0.191 e. The Morgan fingerprint density at radius 1 is 1.15 bits per heavy atom. The number of fused-ring (bicyclic) bond motifs is 1. The molecule has 0 radical (unpaired) electrons. The zero-order chi connectivity index (χ0) is 19.6. The van der Waals surface area contributed by atoms with Crippen molar-refractivity contribution in [2.24, 2.45) is 0 Å². The first-order valence-corrected chi connectivity index (χ1v) is 10.1. The van der Waals surface area contributed by atoms with Gasteiger partial charge in [-0.3, -0.25) is 4.79 Å². The van der Waals surface area contributed by atoms with Crippen LogP contribution in [0.2, 0.25) is 0 Å². The summed E-state index contributed by atoms with van der Waals surface area (Å²) in [4.78, 5) is 12.5. The Morgan fingerprint density at radius 2 is 1.93 bits per heavy atom. The number of sulfone groups is 1. The van der Waals surface area contributed by atoms with Crippen LogP contribution in [-0.4, -0.2) is 33.7 Å². The fourth-order valence-electron chi connectivity index (χ4n) is 2.89. The Hall–Kier alpha value is -2.67. The Kier molecular flexibility index (Phi) is 5.32. The van der Waals surface area contributed by atoms with Gasteiger partial charge >= 0.3 is 0 Å². The third-order valence-electron chi connectivity index (χ3n) is 4.15. The molecule has 0 unspecified atom stereocenters. The molecule has 1 aliphatic heterocycles. The molecule has 2 aromatic carbocycles. The molecule has 1 aliphatic rings. The Bertz CT molecular complexity index is 1020. The molecular formula is C20H19FO5S. The van der Waals surface area contributed by atoms with Gasteiger partial charge in [0.05, 0.1) is 24.4 Å². The van der Waals surface area contributed by atoms with E-state index in [2.05, 4.69) is 0 Å². The average molecular weight is 390 g/mol. The van der Waals surface area contributed by atoms with Gasteiger partial charge in [0, 0.05) is 11.1 Å². The van der Waals surface area contributed by atoms with Crippen LogP contribution in [0, 0.1) is 5.82 Å². The van der Waals surface area contributed by atoms with E-state index in [9.17, 15) is 17.6 Å². The van der Waals surface area contributed by atoms with E-state index in [4.69, 9.17) is 9.47 Å². The molecule has 0 spiro atoms. The quantitative estimate of drug-likeness (QED) is 0.575. The van der Waals surface area contributed by atoms with Crippen molar-refractivity contribution in [2.45, 2.75) is 18.2 Å². The van der Waals surface area contributed by atoms with E-state index in [-0.39, 0.29) is 16.0 Å². The first kappa shape index (κ1) is 19.1. The number of halogens is 1. The zero-order valence-electron chi connectivity index (χ0n) is 15.0. The lowest BCUT2D eigenvalue weighted by molar-refractivity contribution is 0.103. The summed E-state index contributed by atoms with van der Waals surface area (Å²) in [6, 6.07) is 8.22. The van der Waals surface area contributed by atoms with E-state index < -0.39 is 27.2 Å². The summed E-state index contributed by atoms with van der Waals surface area (Å²) in [5.74, 6) is -0.532. The molecule has 142 valence electrons. The van der Waals surface area contributed by atoms with E-state index in [0.29, 0.717) is 23.7 Å². The molecule has 0 aromatic heterocycles. The summed E-state index contributed by atoms with van der Waals surface area (Å²) in [5, 5.41) is 0. The lowest BCUT2D eigenvalue weighted by atomic mass is 10.0. The van der Waals surface area contributed by atoms with Crippen molar-refractivity contribution in [3.8, 4) is 11.5 Å². The largest absolute Gasteiger partial charge is 0.493 e. The number of hydrogen-bond donors (Lipinski definition) is 0. The van der Waals surface area contributed by atoms with Gasteiger partial charge in [-0.2, -0.15) is 0 Å². The first-order chi connectivity index (χ1) is 12.9. The lowest BCUT2D eigenvalue weighted by Crippen LogP contribution is -2.24. The van der Waals surface area contributed by atoms with Crippen LogP contribution in [0.3, 0.4) is 0 Å². The minimum atomic E-state index is -3.71. The van der Waals surface area contributed by atoms with Gasteiger partial charge in [-0.25, -0.2) is 12.8 Å². The number of benzene rings is 2. The highest BCUT2D eigenvalue weighted by atomic mass is 32.2. The standard InChI is InChI=1S/C20H19FO5S/c1-3-8-26-17-6-4-13(10-18(17)25-2)9-14-12-27(23,24)19-7-5-15(21)11-16(19)20(14)22/h4-7,9-11H,3,8,12H2,1-2H3. The van der Waals surface area contributed by atoms with Gasteiger partial charge < -0.3 is 9.47 Å². The van der Waals surface area contributed by atoms with E-state index >= 15 is 0 Å². The van der Waals surface area contributed by atoms with Crippen LogP contribution in [0.4, 0.5) is 4.39 Å². The monoisotopic (exact) mass is 390 g/mol. The SMILES string of the molecule is CCCOc1ccc(C=C2CS(=O)(=O)c3ccc(F)cc3C2=O)cc1OC. The van der Waals surface area contributed by atoms with Gasteiger partial charge in [0.15, 0.2) is 27.1 Å². The molecule has 3 rings (SSSR count). The summed E-state index contributed by atoms with van der Waals surface area (Å²) in [5.41, 5.74) is 0.536. The van der Waals surface area contributed by atoms with Crippen LogP contribution >= 0.6 is 0 Å². The van der Waals surface area contributed by atoms with E-state index in [0.717, 1.165) is 24.6 Å². The maximum absolute atomic E-state index is 13.5. The second kappa shape index (κ2) is 7.52. The zero-order valence-corrected chi connectivity index (χ0v) is 15.8. The van der Waals surface area contributed by atoms with Gasteiger partial charge in [-0.05, 0) is 48.4 Å². The molecule has 0 bridgehead atoms. The van der Waals surface area contributed by atoms with Crippen LogP contribution in [0.15, 0.2) is 46.9 Å². The molecule has 0 fully saturated rings. The molecular weight excluding hydrogens is 371 g/mol. The van der Waals surface area contributed by atoms with Crippen molar-refractivity contribution in [3.05, 3.63) is 58.9 Å². The molecule has 2 aromatic rings. The number of ketones is 1. The molecule has 27 heavy (non-hydrogen) atoms. The van der Waals surface area contributed by atoms with Crippen molar-refractivity contribution in [3.63, 3.8) is 0 Å². The topological polar surface area (TPSA) is 69.7 Å². The normalized spacial score (nSPS) is 16.9. The van der Waals surface area contributed by atoms with Crippen LogP contribution in [-0.2, 0) is 9.84 Å². The van der Waals surface area contributed by atoms with Crippen molar-refractivity contribution >= 4 is 21.7 Å². The lowest BCUT2D eigenvalue weighted by Gasteiger charge is -2.18. The average Bonchev–Trinajstić information content (AvgIpc) is 2.64. The molecule has 7 heteroatoms. The van der Waals surface area contributed by atoms with Gasteiger partial charge in [0.1, 0.15) is 5.82 Å². The van der Waals surface area contributed by atoms with Crippen molar-refractivity contribution in [2.75, 3.05) is 19.5 Å². The number of rotatable bonds is 5. The second-order valence-electron chi connectivity index (χ2n) is 6.16. The predicted octanol–water partition coefficient (Wildman–Crippen LogP) is 3.68.